The molecule has 3 rings (SSSR count). The van der Waals surface area contributed by atoms with Gasteiger partial charge in [-0.25, -0.2) is 15.0 Å². The normalized spacial score (nSPS) is 11.1. The van der Waals surface area contributed by atoms with Gasteiger partial charge in [-0.05, 0) is 37.1 Å². The summed E-state index contributed by atoms with van der Waals surface area (Å²) in [5.41, 5.74) is 3.56. The SMILES string of the molecule is Cc1nccc(-c2csc(-c3cccc(CC(=O)N(C)CCC=CO)c3)n2)n1. The average Bonchev–Trinajstić information content (AvgIpc) is 3.18. The molecule has 0 unspecified atom stereocenters. The van der Waals surface area contributed by atoms with E-state index >= 15 is 0 Å². The van der Waals surface area contributed by atoms with Crippen molar-refractivity contribution in [3.63, 3.8) is 0 Å². The third-order valence-corrected chi connectivity index (χ3v) is 5.13. The van der Waals surface area contributed by atoms with Gasteiger partial charge in [0, 0.05) is 30.7 Å². The average molecular weight is 395 g/mol. The number of rotatable bonds is 7. The Bertz CT molecular complexity index is 984. The molecule has 0 bridgehead atoms. The Kier molecular flexibility index (Phi) is 6.49. The number of carbonyl (C=O) groups is 1. The van der Waals surface area contributed by atoms with Crippen LogP contribution < -0.4 is 0 Å². The van der Waals surface area contributed by atoms with Crippen molar-refractivity contribution in [1.82, 2.24) is 19.9 Å². The summed E-state index contributed by atoms with van der Waals surface area (Å²) in [6.45, 7) is 2.43. The van der Waals surface area contributed by atoms with E-state index in [2.05, 4.69) is 9.97 Å². The molecule has 7 heteroatoms. The smallest absolute Gasteiger partial charge is 0.226 e. The molecule has 0 aliphatic heterocycles. The molecule has 2 heterocycles. The second kappa shape index (κ2) is 9.23. The molecule has 0 saturated heterocycles. The van der Waals surface area contributed by atoms with Gasteiger partial charge in [-0.3, -0.25) is 4.79 Å². The first kappa shape index (κ1) is 19.7. The zero-order valence-corrected chi connectivity index (χ0v) is 16.7. The first-order chi connectivity index (χ1) is 13.6. The van der Waals surface area contributed by atoms with Crippen molar-refractivity contribution in [3.05, 3.63) is 65.6 Å². The van der Waals surface area contributed by atoms with Crippen LogP contribution in [-0.2, 0) is 11.2 Å². The minimum absolute atomic E-state index is 0.0415. The molecule has 0 spiro atoms. The first-order valence-corrected chi connectivity index (χ1v) is 9.83. The van der Waals surface area contributed by atoms with Gasteiger partial charge in [-0.1, -0.05) is 18.2 Å². The third kappa shape index (κ3) is 5.01. The maximum Gasteiger partial charge on any atom is 0.226 e. The fraction of sp³-hybridized carbons (Fsp3) is 0.238. The molecule has 0 atom stereocenters. The summed E-state index contributed by atoms with van der Waals surface area (Å²) >= 11 is 1.55. The van der Waals surface area contributed by atoms with E-state index in [0.717, 1.165) is 33.8 Å². The lowest BCUT2D eigenvalue weighted by Gasteiger charge is -2.16. The van der Waals surface area contributed by atoms with Crippen LogP contribution in [-0.4, -0.2) is 44.5 Å². The first-order valence-electron chi connectivity index (χ1n) is 8.95. The molecular weight excluding hydrogens is 372 g/mol. The van der Waals surface area contributed by atoms with Crippen molar-refractivity contribution in [3.8, 4) is 22.0 Å². The largest absolute Gasteiger partial charge is 0.516 e. The fourth-order valence-corrected chi connectivity index (χ4v) is 3.52. The Labute approximate surface area is 168 Å². The van der Waals surface area contributed by atoms with Crippen molar-refractivity contribution in [2.45, 2.75) is 19.8 Å². The molecule has 3 aromatic rings. The number of aryl methyl sites for hydroxylation is 1. The number of amides is 1. The zero-order chi connectivity index (χ0) is 19.9. The Morgan fingerprint density at radius 3 is 2.89 bits per heavy atom. The topological polar surface area (TPSA) is 79.2 Å². The van der Waals surface area contributed by atoms with Gasteiger partial charge in [0.25, 0.3) is 0 Å². The molecule has 0 radical (unpaired) electrons. The second-order valence-corrected chi connectivity index (χ2v) is 7.25. The van der Waals surface area contributed by atoms with Gasteiger partial charge in [-0.2, -0.15) is 0 Å². The van der Waals surface area contributed by atoms with Crippen molar-refractivity contribution >= 4 is 17.2 Å². The van der Waals surface area contributed by atoms with Crippen LogP contribution in [0.1, 0.15) is 17.8 Å². The number of aliphatic hydroxyl groups is 1. The highest BCUT2D eigenvalue weighted by Crippen LogP contribution is 2.28. The summed E-state index contributed by atoms with van der Waals surface area (Å²) in [5.74, 6) is 0.755. The van der Waals surface area contributed by atoms with E-state index in [1.54, 1.807) is 35.6 Å². The van der Waals surface area contributed by atoms with Gasteiger partial charge in [0.05, 0.1) is 18.4 Å². The fourth-order valence-electron chi connectivity index (χ4n) is 2.71. The van der Waals surface area contributed by atoms with Gasteiger partial charge >= 0.3 is 0 Å². The zero-order valence-electron chi connectivity index (χ0n) is 15.9. The molecule has 1 aromatic carbocycles. The van der Waals surface area contributed by atoms with Gasteiger partial charge in [0.2, 0.25) is 5.91 Å². The predicted octanol–water partition coefficient (Wildman–Crippen LogP) is 4.04. The highest BCUT2D eigenvalue weighted by molar-refractivity contribution is 7.13. The van der Waals surface area contributed by atoms with Crippen LogP contribution in [0.5, 0.6) is 0 Å². The van der Waals surface area contributed by atoms with E-state index in [4.69, 9.17) is 10.1 Å². The van der Waals surface area contributed by atoms with E-state index in [9.17, 15) is 4.79 Å². The van der Waals surface area contributed by atoms with Crippen LogP contribution >= 0.6 is 11.3 Å². The quantitative estimate of drug-likeness (QED) is 0.612. The summed E-state index contributed by atoms with van der Waals surface area (Å²) < 4.78 is 0. The summed E-state index contributed by atoms with van der Waals surface area (Å²) in [6.07, 6.45) is 5.33. The summed E-state index contributed by atoms with van der Waals surface area (Å²) in [5, 5.41) is 11.6. The van der Waals surface area contributed by atoms with Crippen molar-refractivity contribution in [1.29, 1.82) is 0 Å². The van der Waals surface area contributed by atoms with Gasteiger partial charge in [-0.15, -0.1) is 11.3 Å². The van der Waals surface area contributed by atoms with Gasteiger partial charge in [0.15, 0.2) is 0 Å². The number of carbonyl (C=O) groups excluding carboxylic acids is 1. The van der Waals surface area contributed by atoms with Crippen molar-refractivity contribution < 1.29 is 9.90 Å². The number of thiazole rings is 1. The molecule has 0 aliphatic rings. The maximum absolute atomic E-state index is 12.4. The van der Waals surface area contributed by atoms with Crippen LogP contribution in [0.25, 0.3) is 22.0 Å². The van der Waals surface area contributed by atoms with Crippen molar-refractivity contribution in [2.24, 2.45) is 0 Å². The van der Waals surface area contributed by atoms with Crippen LogP contribution in [0.3, 0.4) is 0 Å². The number of likely N-dealkylation sites (N-methyl/N-ethyl adjacent to an activating group) is 1. The number of aromatic nitrogens is 3. The van der Waals surface area contributed by atoms with Crippen LogP contribution in [0, 0.1) is 6.92 Å². The van der Waals surface area contributed by atoms with E-state index in [-0.39, 0.29) is 5.91 Å². The third-order valence-electron chi connectivity index (χ3n) is 4.23. The predicted molar refractivity (Wildman–Crippen MR) is 111 cm³/mol. The summed E-state index contributed by atoms with van der Waals surface area (Å²) in [4.78, 5) is 27.3. The molecule has 0 fully saturated rings. The molecule has 1 N–H and O–H groups in total. The van der Waals surface area contributed by atoms with Gasteiger partial charge < -0.3 is 10.0 Å². The lowest BCUT2D eigenvalue weighted by molar-refractivity contribution is -0.129. The van der Waals surface area contributed by atoms with E-state index < -0.39 is 0 Å². The number of benzene rings is 1. The lowest BCUT2D eigenvalue weighted by atomic mass is 10.1. The van der Waals surface area contributed by atoms with Crippen LogP contribution in [0.15, 0.2) is 54.2 Å². The molecule has 0 aliphatic carbocycles. The molecule has 6 nitrogen and oxygen atoms in total. The van der Waals surface area contributed by atoms with Crippen LogP contribution in [0.2, 0.25) is 0 Å². The molecule has 2 aromatic heterocycles. The number of hydrogen-bond acceptors (Lipinski definition) is 6. The number of hydrogen-bond donors (Lipinski definition) is 1. The molecular formula is C21H22N4O2S. The molecule has 0 saturated carbocycles. The monoisotopic (exact) mass is 394 g/mol. The summed E-state index contributed by atoms with van der Waals surface area (Å²) in [7, 11) is 1.77. The minimum atomic E-state index is 0.0415. The Morgan fingerprint density at radius 1 is 1.25 bits per heavy atom. The van der Waals surface area contributed by atoms with E-state index in [1.807, 2.05) is 42.6 Å². The standard InChI is InChI=1S/C21H22N4O2S/c1-15-22-9-8-18(23-15)19-14-28-21(24-19)17-7-5-6-16(12-17)13-20(27)25(2)10-3-4-11-26/h4-9,11-12,14,26H,3,10,13H2,1-2H3. The number of aliphatic hydroxyl groups excluding tert-OH is 1. The van der Waals surface area contributed by atoms with Crippen LogP contribution in [0.4, 0.5) is 0 Å². The van der Waals surface area contributed by atoms with E-state index in [0.29, 0.717) is 25.2 Å². The van der Waals surface area contributed by atoms with Gasteiger partial charge in [0.1, 0.15) is 16.5 Å². The Morgan fingerprint density at radius 2 is 2.11 bits per heavy atom. The number of nitrogens with zero attached hydrogens (tertiary/aromatic N) is 4. The Hall–Kier alpha value is -3.06. The summed E-state index contributed by atoms with van der Waals surface area (Å²) in [6, 6.07) is 9.75. The highest BCUT2D eigenvalue weighted by Gasteiger charge is 2.12. The second-order valence-electron chi connectivity index (χ2n) is 6.39. The molecule has 1 amide bonds. The maximum atomic E-state index is 12.4. The molecule has 144 valence electrons. The molecule has 28 heavy (non-hydrogen) atoms. The highest BCUT2D eigenvalue weighted by atomic mass is 32.1. The lowest BCUT2D eigenvalue weighted by Crippen LogP contribution is -2.28. The minimum Gasteiger partial charge on any atom is -0.516 e. The van der Waals surface area contributed by atoms with E-state index in [1.165, 1.54) is 0 Å². The van der Waals surface area contributed by atoms with Crippen molar-refractivity contribution in [2.75, 3.05) is 13.6 Å². The Balaban J connectivity index is 1.72.